The van der Waals surface area contributed by atoms with Gasteiger partial charge in [0.2, 0.25) is 0 Å². The number of rotatable bonds is 2. The van der Waals surface area contributed by atoms with Gasteiger partial charge in [-0.25, -0.2) is 0 Å². The summed E-state index contributed by atoms with van der Waals surface area (Å²) in [5.41, 5.74) is 3.45. The van der Waals surface area contributed by atoms with E-state index in [1.165, 1.54) is 24.3 Å². The molecule has 0 heterocycles. The summed E-state index contributed by atoms with van der Waals surface area (Å²) in [5.74, 6) is 0. The van der Waals surface area contributed by atoms with E-state index in [0.29, 0.717) is 5.56 Å². The van der Waals surface area contributed by atoms with E-state index in [0.717, 1.165) is 0 Å². The standard InChI is InChI=1S/C8H7F3NS/c9-8(10,11)13-7-3-1-6(5-12)2-4-7/h1-4,12H,5H2/q-1. The minimum absolute atomic E-state index is 0.0942. The minimum atomic E-state index is -4.23. The Morgan fingerprint density at radius 3 is 2.08 bits per heavy atom. The Balaban J connectivity index is 2.70. The van der Waals surface area contributed by atoms with Crippen LogP contribution < -0.4 is 0 Å². The van der Waals surface area contributed by atoms with Gasteiger partial charge >= 0.3 is 5.51 Å². The molecule has 0 aliphatic carbocycles. The van der Waals surface area contributed by atoms with Crippen molar-refractivity contribution in [3.8, 4) is 0 Å². The van der Waals surface area contributed by atoms with Gasteiger partial charge in [-0.05, 0) is 23.9 Å². The first-order chi connectivity index (χ1) is 6.01. The van der Waals surface area contributed by atoms with E-state index in [1.54, 1.807) is 0 Å². The molecule has 0 saturated carbocycles. The SMILES string of the molecule is [NH-]Cc1ccc(SC(F)(F)F)cc1. The molecule has 0 bridgehead atoms. The maximum atomic E-state index is 11.8. The highest BCUT2D eigenvalue weighted by molar-refractivity contribution is 8.00. The predicted molar refractivity (Wildman–Crippen MR) is 46.4 cm³/mol. The normalized spacial score (nSPS) is 11.7. The molecule has 0 saturated heterocycles. The molecule has 0 unspecified atom stereocenters. The first-order valence-corrected chi connectivity index (χ1v) is 4.32. The van der Waals surface area contributed by atoms with Crippen molar-refractivity contribution >= 4 is 11.8 Å². The minimum Gasteiger partial charge on any atom is -0.674 e. The Hall–Kier alpha value is -0.680. The van der Waals surface area contributed by atoms with Crippen LogP contribution in [0.2, 0.25) is 0 Å². The van der Waals surface area contributed by atoms with Crippen LogP contribution in [0.5, 0.6) is 0 Å². The van der Waals surface area contributed by atoms with Gasteiger partial charge in [-0.1, -0.05) is 17.7 Å². The first kappa shape index (κ1) is 10.4. The lowest BCUT2D eigenvalue weighted by molar-refractivity contribution is -0.0328. The van der Waals surface area contributed by atoms with Gasteiger partial charge in [-0.15, -0.1) is 6.54 Å². The van der Waals surface area contributed by atoms with Crippen molar-refractivity contribution in [2.24, 2.45) is 0 Å². The first-order valence-electron chi connectivity index (χ1n) is 3.50. The lowest BCUT2D eigenvalue weighted by Crippen LogP contribution is -1.98. The molecule has 0 amide bonds. The van der Waals surface area contributed by atoms with Crippen LogP contribution in [0.15, 0.2) is 29.2 Å². The summed E-state index contributed by atoms with van der Waals surface area (Å²) in [4.78, 5) is 0.157. The second-order valence-electron chi connectivity index (χ2n) is 2.37. The van der Waals surface area contributed by atoms with Crippen molar-refractivity contribution in [2.75, 3.05) is 0 Å². The summed E-state index contributed by atoms with van der Waals surface area (Å²) in [6, 6.07) is 5.81. The Kier molecular flexibility index (Phi) is 3.22. The Morgan fingerprint density at radius 2 is 1.69 bits per heavy atom. The van der Waals surface area contributed by atoms with Crippen LogP contribution in [-0.2, 0) is 6.54 Å². The third kappa shape index (κ3) is 3.69. The van der Waals surface area contributed by atoms with Gasteiger partial charge in [-0.3, -0.25) is 0 Å². The van der Waals surface area contributed by atoms with Crippen molar-refractivity contribution in [3.05, 3.63) is 35.6 Å². The Labute approximate surface area is 78.1 Å². The topological polar surface area (TPSA) is 23.8 Å². The molecule has 0 aliphatic rings. The number of hydrogen-bond acceptors (Lipinski definition) is 1. The van der Waals surface area contributed by atoms with E-state index in [2.05, 4.69) is 0 Å². The summed E-state index contributed by atoms with van der Waals surface area (Å²) < 4.78 is 35.5. The number of thioether (sulfide) groups is 1. The van der Waals surface area contributed by atoms with Crippen molar-refractivity contribution in [2.45, 2.75) is 16.9 Å². The van der Waals surface area contributed by atoms with E-state index in [1.807, 2.05) is 0 Å². The molecule has 1 aromatic rings. The number of benzene rings is 1. The highest BCUT2D eigenvalue weighted by Crippen LogP contribution is 2.36. The molecule has 0 aromatic heterocycles. The van der Waals surface area contributed by atoms with E-state index in [9.17, 15) is 13.2 Å². The molecule has 1 nitrogen and oxygen atoms in total. The molecule has 1 rings (SSSR count). The summed E-state index contributed by atoms with van der Waals surface area (Å²) in [6.45, 7) is 0.0942. The van der Waals surface area contributed by atoms with Crippen LogP contribution in [0.3, 0.4) is 0 Å². The maximum Gasteiger partial charge on any atom is 0.446 e. The maximum absolute atomic E-state index is 11.8. The fourth-order valence-electron chi connectivity index (χ4n) is 0.809. The molecule has 0 radical (unpaired) electrons. The molecule has 5 heteroatoms. The smallest absolute Gasteiger partial charge is 0.446 e. The van der Waals surface area contributed by atoms with Gasteiger partial charge < -0.3 is 5.73 Å². The van der Waals surface area contributed by atoms with Gasteiger partial charge in [0.25, 0.3) is 0 Å². The number of halogens is 3. The molecule has 0 aliphatic heterocycles. The highest BCUT2D eigenvalue weighted by atomic mass is 32.2. The third-order valence-electron chi connectivity index (χ3n) is 1.36. The summed E-state index contributed by atoms with van der Waals surface area (Å²) >= 11 is -0.141. The number of alkyl halides is 3. The molecule has 0 fully saturated rings. The zero-order chi connectivity index (χ0) is 9.90. The van der Waals surface area contributed by atoms with Crippen molar-refractivity contribution in [1.82, 2.24) is 0 Å². The highest BCUT2D eigenvalue weighted by Gasteiger charge is 2.28. The Bertz CT molecular complexity index is 268. The quantitative estimate of drug-likeness (QED) is 0.674. The van der Waals surface area contributed by atoms with Gasteiger partial charge in [0.05, 0.1) is 0 Å². The van der Waals surface area contributed by atoms with Crippen LogP contribution in [0.4, 0.5) is 13.2 Å². The molecule has 0 spiro atoms. The zero-order valence-electron chi connectivity index (χ0n) is 6.56. The number of nitrogens with one attached hydrogen (secondary N) is 1. The zero-order valence-corrected chi connectivity index (χ0v) is 7.38. The molecular weight excluding hydrogens is 199 g/mol. The lowest BCUT2D eigenvalue weighted by atomic mass is 10.2. The van der Waals surface area contributed by atoms with Crippen LogP contribution in [0.25, 0.3) is 5.73 Å². The molecule has 72 valence electrons. The van der Waals surface area contributed by atoms with Crippen LogP contribution in [-0.4, -0.2) is 5.51 Å². The van der Waals surface area contributed by atoms with Gasteiger partial charge in [0, 0.05) is 4.90 Å². The predicted octanol–water partition coefficient (Wildman–Crippen LogP) is 3.85. The molecule has 1 aromatic carbocycles. The third-order valence-corrected chi connectivity index (χ3v) is 2.10. The van der Waals surface area contributed by atoms with E-state index < -0.39 is 5.51 Å². The largest absolute Gasteiger partial charge is 0.674 e. The van der Waals surface area contributed by atoms with Crippen molar-refractivity contribution < 1.29 is 13.2 Å². The van der Waals surface area contributed by atoms with Gasteiger partial charge in [-0.2, -0.15) is 13.2 Å². The van der Waals surface area contributed by atoms with Crippen molar-refractivity contribution in [1.29, 1.82) is 0 Å². The molecular formula is C8H7F3NS-. The monoisotopic (exact) mass is 206 g/mol. The average molecular weight is 206 g/mol. The van der Waals surface area contributed by atoms with Crippen LogP contribution in [0, 0.1) is 0 Å². The average Bonchev–Trinajstić information content (AvgIpc) is 2.03. The summed E-state index contributed by atoms with van der Waals surface area (Å²) in [7, 11) is 0. The van der Waals surface area contributed by atoms with E-state index in [-0.39, 0.29) is 23.2 Å². The van der Waals surface area contributed by atoms with Gasteiger partial charge in [0.1, 0.15) is 0 Å². The van der Waals surface area contributed by atoms with Crippen LogP contribution in [0.1, 0.15) is 5.56 Å². The van der Waals surface area contributed by atoms with Gasteiger partial charge in [0.15, 0.2) is 0 Å². The summed E-state index contributed by atoms with van der Waals surface area (Å²) in [5, 5.41) is 0. The Morgan fingerprint density at radius 1 is 1.15 bits per heavy atom. The second kappa shape index (κ2) is 4.02. The molecule has 1 N–H and O–H groups in total. The van der Waals surface area contributed by atoms with E-state index >= 15 is 0 Å². The lowest BCUT2D eigenvalue weighted by Gasteiger charge is -2.06. The fourth-order valence-corrected chi connectivity index (χ4v) is 1.35. The molecule has 13 heavy (non-hydrogen) atoms. The second-order valence-corrected chi connectivity index (χ2v) is 3.51. The molecule has 0 atom stereocenters. The number of hydrogen-bond donors (Lipinski definition) is 0. The summed E-state index contributed by atoms with van der Waals surface area (Å²) in [6.07, 6.45) is 0. The van der Waals surface area contributed by atoms with E-state index in [4.69, 9.17) is 5.73 Å². The van der Waals surface area contributed by atoms with Crippen molar-refractivity contribution in [3.63, 3.8) is 0 Å². The fraction of sp³-hybridized carbons (Fsp3) is 0.250. The van der Waals surface area contributed by atoms with Crippen LogP contribution >= 0.6 is 11.8 Å².